The van der Waals surface area contributed by atoms with E-state index in [1.54, 1.807) is 18.0 Å². The molecule has 0 aromatic carbocycles. The number of hydrogen-bond acceptors (Lipinski definition) is 7. The number of aliphatic imine (C=N–C) groups is 1. The van der Waals surface area contributed by atoms with Crippen LogP contribution in [0.4, 0.5) is 13.2 Å². The molecule has 0 bridgehead atoms. The largest absolute Gasteiger partial charge is 0.518 e. The maximum Gasteiger partial charge on any atom is 0.518 e. The zero-order valence-electron chi connectivity index (χ0n) is 16.3. The SMILES string of the molecule is CN1CCCC2=CC(=N\N=C3\N=C(C#N)C(=C=N)N3C)/C(=N/S(=O)(=O)C(F)(F)F)C=C21. The summed E-state index contributed by atoms with van der Waals surface area (Å²) in [5, 5.41) is 24.0. The van der Waals surface area contributed by atoms with Crippen LogP contribution in [0.3, 0.4) is 0 Å². The van der Waals surface area contributed by atoms with Crippen molar-refractivity contribution in [3.63, 3.8) is 0 Å². The van der Waals surface area contributed by atoms with E-state index in [1.807, 2.05) is 5.87 Å². The molecule has 0 aromatic rings. The summed E-state index contributed by atoms with van der Waals surface area (Å²) < 4.78 is 64.8. The van der Waals surface area contributed by atoms with Crippen molar-refractivity contribution in [2.45, 2.75) is 18.3 Å². The molecule has 0 atom stereocenters. The highest BCUT2D eigenvalue weighted by Gasteiger charge is 2.46. The van der Waals surface area contributed by atoms with Crippen LogP contribution in [-0.2, 0) is 10.0 Å². The summed E-state index contributed by atoms with van der Waals surface area (Å²) >= 11 is 0. The minimum Gasteiger partial charge on any atom is -0.374 e. The maximum atomic E-state index is 12.9. The molecule has 0 radical (unpaired) electrons. The van der Waals surface area contributed by atoms with Crippen LogP contribution < -0.4 is 0 Å². The van der Waals surface area contributed by atoms with Gasteiger partial charge in [0.2, 0.25) is 0 Å². The normalized spacial score (nSPS) is 23.4. The lowest BCUT2D eigenvalue weighted by atomic mass is 9.93. The van der Waals surface area contributed by atoms with Gasteiger partial charge in [0.15, 0.2) is 5.71 Å². The number of nitriles is 1. The van der Waals surface area contributed by atoms with Crippen molar-refractivity contribution in [1.29, 1.82) is 10.7 Å². The molecule has 1 saturated heterocycles. The van der Waals surface area contributed by atoms with Crippen LogP contribution >= 0.6 is 0 Å². The number of allylic oxidation sites excluding steroid dienone is 4. The lowest BCUT2D eigenvalue weighted by Crippen LogP contribution is -2.31. The molecule has 2 aliphatic heterocycles. The van der Waals surface area contributed by atoms with Gasteiger partial charge in [0.25, 0.3) is 5.96 Å². The van der Waals surface area contributed by atoms with Gasteiger partial charge in [0, 0.05) is 32.2 Å². The Bertz CT molecular complexity index is 1210. The van der Waals surface area contributed by atoms with Gasteiger partial charge in [-0.1, -0.05) is 0 Å². The molecule has 14 heteroatoms. The van der Waals surface area contributed by atoms with Gasteiger partial charge in [-0.15, -0.1) is 10.2 Å². The number of nitrogens with one attached hydrogen (secondary N) is 1. The van der Waals surface area contributed by atoms with E-state index in [1.165, 1.54) is 24.1 Å². The Hall–Kier alpha value is -3.56. The maximum absolute atomic E-state index is 12.9. The monoisotopic (exact) mass is 452 g/mol. The Kier molecular flexibility index (Phi) is 5.66. The lowest BCUT2D eigenvalue weighted by Gasteiger charge is -2.32. The molecule has 0 amide bonds. The number of piperidine rings is 1. The van der Waals surface area contributed by atoms with E-state index in [4.69, 9.17) is 10.7 Å². The second-order valence-corrected chi connectivity index (χ2v) is 8.21. The Morgan fingerprint density at radius 2 is 1.94 bits per heavy atom. The molecule has 162 valence electrons. The Labute approximate surface area is 175 Å². The van der Waals surface area contributed by atoms with Gasteiger partial charge in [-0.3, -0.25) is 5.41 Å². The van der Waals surface area contributed by atoms with Crippen LogP contribution in [0.2, 0.25) is 0 Å². The van der Waals surface area contributed by atoms with Gasteiger partial charge in [-0.25, -0.2) is 0 Å². The summed E-state index contributed by atoms with van der Waals surface area (Å²) in [5.41, 5.74) is -5.11. The van der Waals surface area contributed by atoms with Crippen LogP contribution in [0, 0.1) is 16.7 Å². The molecular weight excluding hydrogens is 437 g/mol. The number of likely N-dealkylation sites (N-methyl/N-ethyl adjacent to an activating group) is 1. The minimum absolute atomic E-state index is 0.0353. The predicted octanol–water partition coefficient (Wildman–Crippen LogP) is 1.58. The van der Waals surface area contributed by atoms with E-state index in [0.29, 0.717) is 18.7 Å². The minimum atomic E-state index is -5.81. The molecule has 1 N–H and O–H groups in total. The van der Waals surface area contributed by atoms with Crippen LogP contribution in [0.25, 0.3) is 0 Å². The Morgan fingerprint density at radius 1 is 1.23 bits per heavy atom. The molecule has 31 heavy (non-hydrogen) atoms. The van der Waals surface area contributed by atoms with Crippen molar-refractivity contribution in [2.24, 2.45) is 19.6 Å². The fourth-order valence-corrected chi connectivity index (χ4v) is 3.53. The van der Waals surface area contributed by atoms with Crippen molar-refractivity contribution in [3.8, 4) is 6.07 Å². The number of fused-ring (bicyclic) bond motifs is 1. The number of guanidine groups is 1. The quantitative estimate of drug-likeness (QED) is 0.385. The van der Waals surface area contributed by atoms with Gasteiger partial charge in [-0.2, -0.15) is 36.2 Å². The first-order chi connectivity index (χ1) is 14.5. The second kappa shape index (κ2) is 7.93. The zero-order chi connectivity index (χ0) is 23.0. The molecule has 10 nitrogen and oxygen atoms in total. The Balaban J connectivity index is 2.13. The van der Waals surface area contributed by atoms with E-state index in [2.05, 4.69) is 19.6 Å². The first kappa shape index (κ1) is 22.1. The van der Waals surface area contributed by atoms with Crippen LogP contribution in [0.5, 0.6) is 0 Å². The summed E-state index contributed by atoms with van der Waals surface area (Å²) in [6.07, 6.45) is 4.06. The third kappa shape index (κ3) is 4.18. The molecule has 0 aromatic heterocycles. The fraction of sp³-hybridized carbons (Fsp3) is 0.353. The smallest absolute Gasteiger partial charge is 0.374 e. The summed E-state index contributed by atoms with van der Waals surface area (Å²) in [5.74, 6) is 1.92. The number of sulfonamides is 1. The average Bonchev–Trinajstić information content (AvgIpc) is 3.00. The molecule has 1 fully saturated rings. The molecule has 0 spiro atoms. The third-order valence-corrected chi connectivity index (χ3v) is 5.60. The average molecular weight is 452 g/mol. The molecule has 0 saturated carbocycles. The topological polar surface area (TPSA) is 138 Å². The summed E-state index contributed by atoms with van der Waals surface area (Å²) in [4.78, 5) is 6.90. The molecule has 3 rings (SSSR count). The third-order valence-electron chi connectivity index (χ3n) is 4.58. The fourth-order valence-electron chi connectivity index (χ4n) is 3.02. The summed E-state index contributed by atoms with van der Waals surface area (Å²) in [7, 11) is -2.64. The first-order valence-electron chi connectivity index (χ1n) is 8.72. The number of halogens is 3. The van der Waals surface area contributed by atoms with Crippen molar-refractivity contribution < 1.29 is 21.6 Å². The van der Waals surface area contributed by atoms with E-state index < -0.39 is 21.2 Å². The van der Waals surface area contributed by atoms with Crippen molar-refractivity contribution in [3.05, 3.63) is 29.1 Å². The van der Waals surface area contributed by atoms with Crippen molar-refractivity contribution in [1.82, 2.24) is 9.80 Å². The van der Waals surface area contributed by atoms with E-state index in [-0.39, 0.29) is 23.1 Å². The van der Waals surface area contributed by atoms with Crippen LogP contribution in [0.15, 0.2) is 48.7 Å². The predicted molar refractivity (Wildman–Crippen MR) is 107 cm³/mol. The van der Waals surface area contributed by atoms with Crippen molar-refractivity contribution in [2.75, 3.05) is 20.6 Å². The summed E-state index contributed by atoms with van der Waals surface area (Å²) in [6.45, 7) is 0.645. The molecule has 2 heterocycles. The van der Waals surface area contributed by atoms with E-state index in [9.17, 15) is 21.6 Å². The van der Waals surface area contributed by atoms with E-state index in [0.717, 1.165) is 12.0 Å². The van der Waals surface area contributed by atoms with Gasteiger partial charge in [0.1, 0.15) is 23.2 Å². The highest BCUT2D eigenvalue weighted by atomic mass is 32.2. The molecule has 0 unspecified atom stereocenters. The summed E-state index contributed by atoms with van der Waals surface area (Å²) in [6, 6.07) is 1.77. The highest BCUT2D eigenvalue weighted by molar-refractivity contribution is 7.91. The molecule has 3 aliphatic rings. The van der Waals surface area contributed by atoms with Crippen molar-refractivity contribution >= 4 is 39.0 Å². The number of likely N-dealkylation sites (tertiary alicyclic amines) is 1. The number of rotatable bonds is 2. The molecule has 1 aliphatic carbocycles. The first-order valence-corrected chi connectivity index (χ1v) is 10.2. The Morgan fingerprint density at radius 3 is 2.52 bits per heavy atom. The van der Waals surface area contributed by atoms with Gasteiger partial charge >= 0.3 is 15.5 Å². The standard InChI is InChI=1S/C17H15F3N8O2S/c1-27-5-3-4-10-6-11(12(7-14(10)27)26-31(29,30)17(18,19)20)24-25-16-23-13(8-21)15(9-22)28(16)2/h6-7,22H,3-5H2,1-2H3/b24-11+,25-16-,26-12+. The zero-order valence-corrected chi connectivity index (χ0v) is 17.1. The number of nitrogens with zero attached hydrogens (tertiary/aromatic N) is 7. The van der Waals surface area contributed by atoms with Crippen LogP contribution in [0.1, 0.15) is 12.8 Å². The van der Waals surface area contributed by atoms with Gasteiger partial charge in [-0.05, 0) is 30.6 Å². The number of alkyl halides is 3. The number of hydrogen-bond donors (Lipinski definition) is 1. The van der Waals surface area contributed by atoms with Crippen LogP contribution in [-0.4, -0.2) is 73.3 Å². The molecular formula is C17H15F3N8O2S. The van der Waals surface area contributed by atoms with Gasteiger partial charge in [0.05, 0.1) is 0 Å². The van der Waals surface area contributed by atoms with E-state index >= 15 is 0 Å². The lowest BCUT2D eigenvalue weighted by molar-refractivity contribution is -0.0435. The highest BCUT2D eigenvalue weighted by Crippen LogP contribution is 2.30. The van der Waals surface area contributed by atoms with Gasteiger partial charge < -0.3 is 9.80 Å². The second-order valence-electron chi connectivity index (χ2n) is 6.61.